The molecular formula is C12H16ClNO. The highest BCUT2D eigenvalue weighted by Gasteiger charge is 2.47. The molecule has 2 rings (SSSR count). The lowest BCUT2D eigenvalue weighted by molar-refractivity contribution is -0.0372. The van der Waals surface area contributed by atoms with E-state index in [2.05, 4.69) is 12.1 Å². The molecular weight excluding hydrogens is 210 g/mol. The Morgan fingerprint density at radius 2 is 2.13 bits per heavy atom. The van der Waals surface area contributed by atoms with Crippen molar-refractivity contribution in [2.45, 2.75) is 24.4 Å². The predicted octanol–water partition coefficient (Wildman–Crippen LogP) is 2.35. The maximum atomic E-state index is 5.89. The Morgan fingerprint density at radius 1 is 1.47 bits per heavy atom. The van der Waals surface area contributed by atoms with Gasteiger partial charge in [0.25, 0.3) is 0 Å². The first-order valence-electron chi connectivity index (χ1n) is 5.22. The zero-order valence-corrected chi connectivity index (χ0v) is 9.63. The maximum Gasteiger partial charge on any atom is 0.0680 e. The fraction of sp³-hybridized carbons (Fsp3) is 0.500. The van der Waals surface area contributed by atoms with Crippen molar-refractivity contribution >= 4 is 11.6 Å². The van der Waals surface area contributed by atoms with E-state index in [4.69, 9.17) is 22.1 Å². The van der Waals surface area contributed by atoms with Gasteiger partial charge in [-0.25, -0.2) is 0 Å². The van der Waals surface area contributed by atoms with Crippen LogP contribution in [0.15, 0.2) is 24.3 Å². The zero-order chi connectivity index (χ0) is 10.9. The Morgan fingerprint density at radius 3 is 2.53 bits per heavy atom. The van der Waals surface area contributed by atoms with Gasteiger partial charge in [-0.15, -0.1) is 0 Å². The van der Waals surface area contributed by atoms with Crippen molar-refractivity contribution in [3.8, 4) is 0 Å². The molecule has 0 amide bonds. The van der Waals surface area contributed by atoms with Crippen LogP contribution in [0.3, 0.4) is 0 Å². The van der Waals surface area contributed by atoms with Crippen molar-refractivity contribution in [1.82, 2.24) is 0 Å². The lowest BCUT2D eigenvalue weighted by Gasteiger charge is -2.48. The summed E-state index contributed by atoms with van der Waals surface area (Å²) in [6, 6.07) is 7.94. The minimum atomic E-state index is 0.0132. The van der Waals surface area contributed by atoms with Gasteiger partial charge in [0.2, 0.25) is 0 Å². The van der Waals surface area contributed by atoms with Crippen LogP contribution in [0.25, 0.3) is 0 Å². The minimum Gasteiger partial charge on any atom is -0.380 e. The third kappa shape index (κ3) is 1.67. The highest BCUT2D eigenvalue weighted by atomic mass is 35.5. The Labute approximate surface area is 95.4 Å². The fourth-order valence-corrected chi connectivity index (χ4v) is 2.54. The van der Waals surface area contributed by atoms with Crippen LogP contribution >= 0.6 is 11.6 Å². The van der Waals surface area contributed by atoms with Crippen LogP contribution in [0.5, 0.6) is 0 Å². The monoisotopic (exact) mass is 225 g/mol. The van der Waals surface area contributed by atoms with Crippen molar-refractivity contribution in [2.75, 3.05) is 13.7 Å². The van der Waals surface area contributed by atoms with E-state index >= 15 is 0 Å². The van der Waals surface area contributed by atoms with Crippen LogP contribution in [0.1, 0.15) is 18.4 Å². The second-order valence-corrected chi connectivity index (χ2v) is 4.57. The first-order valence-corrected chi connectivity index (χ1v) is 5.59. The van der Waals surface area contributed by atoms with Gasteiger partial charge in [-0.1, -0.05) is 23.7 Å². The summed E-state index contributed by atoms with van der Waals surface area (Å²) in [7, 11) is 1.75. The van der Waals surface area contributed by atoms with Gasteiger partial charge in [-0.05, 0) is 30.5 Å². The summed E-state index contributed by atoms with van der Waals surface area (Å²) in [4.78, 5) is 0. The summed E-state index contributed by atoms with van der Waals surface area (Å²) in [5.74, 6) is 0. The van der Waals surface area contributed by atoms with Crippen molar-refractivity contribution < 1.29 is 4.74 Å². The summed E-state index contributed by atoms with van der Waals surface area (Å²) >= 11 is 5.87. The van der Waals surface area contributed by atoms with Gasteiger partial charge in [0, 0.05) is 24.1 Å². The van der Waals surface area contributed by atoms with Crippen molar-refractivity contribution in [3.05, 3.63) is 34.9 Å². The molecule has 0 radical (unpaired) electrons. The fourth-order valence-electron chi connectivity index (χ4n) is 2.42. The lowest BCUT2D eigenvalue weighted by Crippen LogP contribution is -2.54. The molecule has 2 unspecified atom stereocenters. The first-order chi connectivity index (χ1) is 7.23. The van der Waals surface area contributed by atoms with Crippen molar-refractivity contribution in [2.24, 2.45) is 5.73 Å². The van der Waals surface area contributed by atoms with Crippen molar-refractivity contribution in [1.29, 1.82) is 0 Å². The molecule has 0 aromatic heterocycles. The van der Waals surface area contributed by atoms with Crippen LogP contribution in [0.4, 0.5) is 0 Å². The summed E-state index contributed by atoms with van der Waals surface area (Å²) in [6.07, 6.45) is 2.45. The molecule has 2 atom stereocenters. The number of hydrogen-bond donors (Lipinski definition) is 1. The number of methoxy groups -OCH3 is 1. The van der Waals surface area contributed by atoms with Gasteiger partial charge in [0.1, 0.15) is 0 Å². The molecule has 2 nitrogen and oxygen atoms in total. The van der Waals surface area contributed by atoms with E-state index in [9.17, 15) is 0 Å². The van der Waals surface area contributed by atoms with E-state index in [-0.39, 0.29) is 11.5 Å². The van der Waals surface area contributed by atoms with E-state index < -0.39 is 0 Å². The molecule has 0 saturated heterocycles. The van der Waals surface area contributed by atoms with E-state index in [1.54, 1.807) is 7.11 Å². The van der Waals surface area contributed by atoms with Crippen LogP contribution in [-0.4, -0.2) is 19.8 Å². The maximum absolute atomic E-state index is 5.89. The summed E-state index contributed by atoms with van der Waals surface area (Å²) < 4.78 is 5.46. The van der Waals surface area contributed by atoms with E-state index in [1.165, 1.54) is 5.56 Å². The third-order valence-corrected chi connectivity index (χ3v) is 3.79. The van der Waals surface area contributed by atoms with Crippen LogP contribution < -0.4 is 5.73 Å². The van der Waals surface area contributed by atoms with Crippen LogP contribution in [0, 0.1) is 0 Å². The second-order valence-electron chi connectivity index (χ2n) is 4.13. The number of hydrogen-bond acceptors (Lipinski definition) is 2. The van der Waals surface area contributed by atoms with Gasteiger partial charge in [0.15, 0.2) is 0 Å². The normalized spacial score (nSPS) is 29.9. The van der Waals surface area contributed by atoms with Gasteiger partial charge < -0.3 is 10.5 Å². The van der Waals surface area contributed by atoms with Gasteiger partial charge in [-0.3, -0.25) is 0 Å². The number of nitrogens with two attached hydrogens (primary N) is 1. The molecule has 1 aromatic carbocycles. The second kappa shape index (κ2) is 4.12. The van der Waals surface area contributed by atoms with E-state index in [0.717, 1.165) is 17.9 Å². The average Bonchev–Trinajstić information content (AvgIpc) is 2.21. The quantitative estimate of drug-likeness (QED) is 0.857. The average molecular weight is 226 g/mol. The van der Waals surface area contributed by atoms with Gasteiger partial charge in [-0.2, -0.15) is 0 Å². The molecule has 3 heteroatoms. The molecule has 1 saturated carbocycles. The molecule has 0 heterocycles. The van der Waals surface area contributed by atoms with Gasteiger partial charge >= 0.3 is 0 Å². The van der Waals surface area contributed by atoms with Crippen LogP contribution in [-0.2, 0) is 10.2 Å². The molecule has 2 N–H and O–H groups in total. The van der Waals surface area contributed by atoms with E-state index in [1.807, 2.05) is 12.1 Å². The number of ether oxygens (including phenoxy) is 1. The standard InChI is InChI=1S/C12H16ClNO/c1-15-11-6-7-12(11,8-14)9-2-4-10(13)5-3-9/h2-5,11H,6-8,14H2,1H3. The third-order valence-electron chi connectivity index (χ3n) is 3.54. The minimum absolute atomic E-state index is 0.0132. The SMILES string of the molecule is COC1CCC1(CN)c1ccc(Cl)cc1. The molecule has 0 bridgehead atoms. The summed E-state index contributed by atoms with van der Waals surface area (Å²) in [5, 5.41) is 0.763. The Balaban J connectivity index is 2.30. The Bertz CT molecular complexity index is 332. The number of halogens is 1. The largest absolute Gasteiger partial charge is 0.380 e. The molecule has 0 aliphatic heterocycles. The molecule has 1 aliphatic rings. The van der Waals surface area contributed by atoms with E-state index in [0.29, 0.717) is 6.54 Å². The summed E-state index contributed by atoms with van der Waals surface area (Å²) in [5.41, 5.74) is 7.15. The number of rotatable bonds is 3. The molecule has 82 valence electrons. The Kier molecular flexibility index (Phi) is 3.01. The lowest BCUT2D eigenvalue weighted by atomic mass is 9.62. The smallest absolute Gasteiger partial charge is 0.0680 e. The highest BCUT2D eigenvalue weighted by molar-refractivity contribution is 6.30. The van der Waals surface area contributed by atoms with Gasteiger partial charge in [0.05, 0.1) is 6.10 Å². The number of benzene rings is 1. The molecule has 1 aliphatic carbocycles. The molecule has 1 fully saturated rings. The highest BCUT2D eigenvalue weighted by Crippen LogP contribution is 2.44. The van der Waals surface area contributed by atoms with Crippen LogP contribution in [0.2, 0.25) is 5.02 Å². The molecule has 1 aromatic rings. The first kappa shape index (κ1) is 10.9. The molecule has 0 spiro atoms. The molecule has 15 heavy (non-hydrogen) atoms. The Hall–Kier alpha value is -0.570. The predicted molar refractivity (Wildman–Crippen MR) is 62.2 cm³/mol. The topological polar surface area (TPSA) is 35.2 Å². The zero-order valence-electron chi connectivity index (χ0n) is 8.87. The summed E-state index contributed by atoms with van der Waals surface area (Å²) in [6.45, 7) is 0.632. The van der Waals surface area contributed by atoms with Crippen molar-refractivity contribution in [3.63, 3.8) is 0 Å².